The van der Waals surface area contributed by atoms with Gasteiger partial charge in [0.2, 0.25) is 5.82 Å². The molecule has 0 saturated carbocycles. The molecule has 0 saturated heterocycles. The molecule has 13 heteroatoms. The lowest BCUT2D eigenvalue weighted by Gasteiger charge is -2.01. The van der Waals surface area contributed by atoms with Gasteiger partial charge in [0.05, 0.1) is 5.52 Å². The molecule has 5 aromatic rings. The summed E-state index contributed by atoms with van der Waals surface area (Å²) in [6, 6.07) is 2.18. The number of pyridine rings is 1. The molecule has 0 amide bonds. The first-order chi connectivity index (χ1) is 14.1. The Labute approximate surface area is 167 Å². The Bertz CT molecular complexity index is 1450. The minimum atomic E-state index is -4.60. The maximum Gasteiger partial charge on any atom is 0.435 e. The third-order valence-electron chi connectivity index (χ3n) is 4.61. The van der Waals surface area contributed by atoms with E-state index in [0.29, 0.717) is 31.6 Å². The van der Waals surface area contributed by atoms with Gasteiger partial charge < -0.3 is 0 Å². The number of fused-ring (bicyclic) bond motifs is 5. The Morgan fingerprint density at radius 2 is 1.87 bits per heavy atom. The summed E-state index contributed by atoms with van der Waals surface area (Å²) in [5.41, 5.74) is 0.149. The molecule has 7 nitrogen and oxygen atoms in total. The standard InChI is InChI=1S/C17H10F5N7S/c1-6-3-7(13(18)19)24-16-10(6)11-12(30-16)15-25-14(27-29(15)5-23-11)8-4-9(17(20,21)22)26-28(8)2/h3-5,13H,1-2H3. The summed E-state index contributed by atoms with van der Waals surface area (Å²) in [5.74, 6) is 0.0326. The van der Waals surface area contributed by atoms with E-state index >= 15 is 0 Å². The van der Waals surface area contributed by atoms with Crippen molar-refractivity contribution >= 4 is 37.4 Å². The van der Waals surface area contributed by atoms with Gasteiger partial charge in [-0.1, -0.05) is 0 Å². The maximum absolute atomic E-state index is 13.1. The van der Waals surface area contributed by atoms with Crippen molar-refractivity contribution in [3.05, 3.63) is 35.4 Å². The van der Waals surface area contributed by atoms with Gasteiger partial charge in [0, 0.05) is 12.4 Å². The van der Waals surface area contributed by atoms with Crippen LogP contribution in [0, 0.1) is 6.92 Å². The zero-order chi connectivity index (χ0) is 21.4. The summed E-state index contributed by atoms with van der Waals surface area (Å²) in [7, 11) is 1.36. The van der Waals surface area contributed by atoms with Crippen LogP contribution in [0.25, 0.3) is 37.6 Å². The van der Waals surface area contributed by atoms with Crippen molar-refractivity contribution in [1.29, 1.82) is 0 Å². The summed E-state index contributed by atoms with van der Waals surface area (Å²) in [6.45, 7) is 1.69. The fourth-order valence-corrected chi connectivity index (χ4v) is 4.46. The van der Waals surface area contributed by atoms with E-state index < -0.39 is 18.3 Å². The molecule has 5 aromatic heterocycles. The van der Waals surface area contributed by atoms with Crippen LogP contribution < -0.4 is 0 Å². The first-order valence-corrected chi connectivity index (χ1v) is 9.30. The summed E-state index contributed by atoms with van der Waals surface area (Å²) in [6.07, 6.45) is -5.93. The van der Waals surface area contributed by atoms with E-state index in [1.807, 2.05) is 0 Å². The van der Waals surface area contributed by atoms with Crippen LogP contribution >= 0.6 is 11.3 Å². The predicted molar refractivity (Wildman–Crippen MR) is 98.4 cm³/mol. The highest BCUT2D eigenvalue weighted by Crippen LogP contribution is 2.37. The van der Waals surface area contributed by atoms with E-state index in [-0.39, 0.29) is 17.2 Å². The van der Waals surface area contributed by atoms with Crippen molar-refractivity contribution < 1.29 is 22.0 Å². The van der Waals surface area contributed by atoms with Crippen molar-refractivity contribution in [2.45, 2.75) is 19.5 Å². The fourth-order valence-electron chi connectivity index (χ4n) is 3.27. The summed E-state index contributed by atoms with van der Waals surface area (Å²) in [4.78, 5) is 13.1. The van der Waals surface area contributed by atoms with E-state index in [0.717, 1.165) is 22.1 Å². The topological polar surface area (TPSA) is 73.8 Å². The van der Waals surface area contributed by atoms with Crippen LogP contribution in [0.1, 0.15) is 23.4 Å². The number of rotatable bonds is 2. The van der Waals surface area contributed by atoms with Crippen molar-refractivity contribution in [1.82, 2.24) is 34.3 Å². The number of thiophene rings is 1. The highest BCUT2D eigenvalue weighted by Gasteiger charge is 2.35. The molecule has 0 aliphatic rings. The van der Waals surface area contributed by atoms with Crippen molar-refractivity contribution in [2.24, 2.45) is 7.05 Å². The molecule has 154 valence electrons. The zero-order valence-electron chi connectivity index (χ0n) is 15.2. The Morgan fingerprint density at radius 3 is 2.53 bits per heavy atom. The van der Waals surface area contributed by atoms with E-state index in [4.69, 9.17) is 0 Å². The second-order valence-electron chi connectivity index (χ2n) is 6.61. The summed E-state index contributed by atoms with van der Waals surface area (Å²) < 4.78 is 68.0. The van der Waals surface area contributed by atoms with Gasteiger partial charge >= 0.3 is 6.18 Å². The fraction of sp³-hybridized carbons (Fsp3) is 0.235. The lowest BCUT2D eigenvalue weighted by Crippen LogP contribution is -2.06. The first-order valence-electron chi connectivity index (χ1n) is 8.48. The first kappa shape index (κ1) is 18.8. The van der Waals surface area contributed by atoms with Crippen molar-refractivity contribution in [2.75, 3.05) is 0 Å². The van der Waals surface area contributed by atoms with Gasteiger partial charge in [0.25, 0.3) is 6.43 Å². The molecule has 0 aromatic carbocycles. The second kappa shape index (κ2) is 6.14. The minimum Gasteiger partial charge on any atom is -0.264 e. The third-order valence-corrected chi connectivity index (χ3v) is 5.68. The molecule has 30 heavy (non-hydrogen) atoms. The molecule has 5 heterocycles. The van der Waals surface area contributed by atoms with Crippen LogP contribution in [0.4, 0.5) is 22.0 Å². The van der Waals surface area contributed by atoms with Gasteiger partial charge in [-0.05, 0) is 24.6 Å². The van der Waals surface area contributed by atoms with Gasteiger partial charge in [-0.15, -0.1) is 16.4 Å². The van der Waals surface area contributed by atoms with Crippen LogP contribution in [-0.2, 0) is 13.2 Å². The van der Waals surface area contributed by atoms with E-state index in [1.54, 1.807) is 6.92 Å². The average molecular weight is 439 g/mol. The Hall–Kier alpha value is -3.22. The number of nitrogens with zero attached hydrogens (tertiary/aromatic N) is 7. The number of hydrogen-bond donors (Lipinski definition) is 0. The monoisotopic (exact) mass is 439 g/mol. The third kappa shape index (κ3) is 2.72. The van der Waals surface area contributed by atoms with E-state index in [2.05, 4.69) is 25.1 Å². The Kier molecular flexibility index (Phi) is 3.84. The number of halogens is 5. The van der Waals surface area contributed by atoms with Crippen molar-refractivity contribution in [3.63, 3.8) is 0 Å². The summed E-state index contributed by atoms with van der Waals surface area (Å²) >= 11 is 1.13. The van der Waals surface area contributed by atoms with Crippen LogP contribution in [0.2, 0.25) is 0 Å². The molecule has 0 bridgehead atoms. The molecule has 5 rings (SSSR count). The highest BCUT2D eigenvalue weighted by molar-refractivity contribution is 7.26. The van der Waals surface area contributed by atoms with E-state index in [9.17, 15) is 22.0 Å². The minimum absolute atomic E-state index is 0.0326. The SMILES string of the molecule is Cc1cc(C(F)F)nc2sc3c(ncn4nc(-c5cc(C(F)(F)F)nn5C)nc34)c12. The largest absolute Gasteiger partial charge is 0.435 e. The molecular formula is C17H10F5N7S. The molecule has 0 radical (unpaired) electrons. The van der Waals surface area contributed by atoms with Gasteiger partial charge in [-0.2, -0.15) is 18.3 Å². The number of hydrogen-bond acceptors (Lipinski definition) is 6. The van der Waals surface area contributed by atoms with Gasteiger partial charge in [-0.3, -0.25) is 4.68 Å². The average Bonchev–Trinajstić information content (AvgIpc) is 3.34. The lowest BCUT2D eigenvalue weighted by atomic mass is 10.1. The molecule has 0 fully saturated rings. The maximum atomic E-state index is 13.1. The molecule has 0 N–H and O–H groups in total. The highest BCUT2D eigenvalue weighted by atomic mass is 32.1. The van der Waals surface area contributed by atoms with Crippen LogP contribution in [0.15, 0.2) is 18.5 Å². The van der Waals surface area contributed by atoms with Gasteiger partial charge in [0.1, 0.15) is 27.2 Å². The van der Waals surface area contributed by atoms with Crippen LogP contribution in [0.5, 0.6) is 0 Å². The quantitative estimate of drug-likeness (QED) is 0.377. The number of aryl methyl sites for hydroxylation is 2. The van der Waals surface area contributed by atoms with Crippen LogP contribution in [-0.4, -0.2) is 34.3 Å². The van der Waals surface area contributed by atoms with Crippen LogP contribution in [0.3, 0.4) is 0 Å². The molecule has 0 spiro atoms. The smallest absolute Gasteiger partial charge is 0.264 e. The van der Waals surface area contributed by atoms with E-state index in [1.165, 1.54) is 24.0 Å². The predicted octanol–water partition coefficient (Wildman–Crippen LogP) is 4.55. The Morgan fingerprint density at radius 1 is 1.10 bits per heavy atom. The van der Waals surface area contributed by atoms with Gasteiger partial charge in [-0.25, -0.2) is 28.2 Å². The van der Waals surface area contributed by atoms with Crippen molar-refractivity contribution in [3.8, 4) is 11.5 Å². The Balaban J connectivity index is 1.74. The van der Waals surface area contributed by atoms with Gasteiger partial charge in [0.15, 0.2) is 11.3 Å². The number of alkyl halides is 5. The molecule has 0 atom stereocenters. The molecular weight excluding hydrogens is 429 g/mol. The number of aromatic nitrogens is 7. The second-order valence-corrected chi connectivity index (χ2v) is 7.61. The molecule has 0 aliphatic carbocycles. The molecule has 0 aliphatic heterocycles. The normalized spacial score (nSPS) is 12.8. The summed E-state index contributed by atoms with van der Waals surface area (Å²) in [5, 5.41) is 8.31. The zero-order valence-corrected chi connectivity index (χ0v) is 16.1. The molecule has 0 unspecified atom stereocenters. The lowest BCUT2D eigenvalue weighted by molar-refractivity contribution is -0.141.